The summed E-state index contributed by atoms with van der Waals surface area (Å²) in [6.07, 6.45) is -0.630. The van der Waals surface area contributed by atoms with Crippen LogP contribution < -0.4 is 10.6 Å². The minimum absolute atomic E-state index is 0.129. The number of halogens is 2. The van der Waals surface area contributed by atoms with Crippen LogP contribution >= 0.6 is 22.9 Å². The van der Waals surface area contributed by atoms with Crippen LogP contribution in [0.1, 0.15) is 9.67 Å². The molecule has 6 nitrogen and oxygen atoms in total. The minimum Gasteiger partial charge on any atom is -0.447 e. The number of ether oxygens (including phenoxy) is 2. The summed E-state index contributed by atoms with van der Waals surface area (Å²) in [7, 11) is 1.51. The van der Waals surface area contributed by atoms with Gasteiger partial charge in [-0.15, -0.1) is 11.3 Å². The van der Waals surface area contributed by atoms with E-state index in [-0.39, 0.29) is 16.5 Å². The quantitative estimate of drug-likeness (QED) is 0.539. The number of carbonyl (C=O) groups is 2. The topological polar surface area (TPSA) is 76.7 Å². The third kappa shape index (κ3) is 4.78. The van der Waals surface area contributed by atoms with Crippen LogP contribution in [0, 0.1) is 5.82 Å². The number of fused-ring (bicyclic) bond motifs is 1. The summed E-state index contributed by atoms with van der Waals surface area (Å²) in [5.41, 5.74) is 0.907. The highest BCUT2D eigenvalue weighted by Gasteiger charge is 2.18. The monoisotopic (exact) mass is 422 g/mol. The fraction of sp³-hybridized carbons (Fsp3) is 0.158. The van der Waals surface area contributed by atoms with Crippen molar-refractivity contribution in [3.63, 3.8) is 0 Å². The van der Waals surface area contributed by atoms with Crippen molar-refractivity contribution in [1.82, 2.24) is 0 Å². The van der Waals surface area contributed by atoms with Gasteiger partial charge in [-0.2, -0.15) is 0 Å². The van der Waals surface area contributed by atoms with E-state index in [1.54, 1.807) is 30.3 Å². The lowest BCUT2D eigenvalue weighted by Gasteiger charge is -2.09. The van der Waals surface area contributed by atoms with Crippen LogP contribution in [0.4, 0.5) is 20.6 Å². The van der Waals surface area contributed by atoms with Crippen LogP contribution in [-0.2, 0) is 9.47 Å². The first-order valence-corrected chi connectivity index (χ1v) is 9.39. The number of thiophene rings is 1. The molecule has 1 heterocycles. The third-order valence-corrected chi connectivity index (χ3v) is 5.34. The van der Waals surface area contributed by atoms with E-state index in [2.05, 4.69) is 10.6 Å². The number of benzene rings is 2. The predicted molar refractivity (Wildman–Crippen MR) is 108 cm³/mol. The fourth-order valence-electron chi connectivity index (χ4n) is 2.42. The van der Waals surface area contributed by atoms with Crippen LogP contribution in [0.2, 0.25) is 5.02 Å². The van der Waals surface area contributed by atoms with E-state index >= 15 is 0 Å². The standard InChI is InChI=1S/C19H16ClFN2O4S/c1-26-7-8-27-19(25)23-13-4-2-3-12(10-13)22-18(24)17-16(20)14-6-5-11(21)9-15(14)28-17/h2-6,9-10H,7-8H2,1H3,(H,22,24)(H,23,25). The zero-order chi connectivity index (χ0) is 20.1. The number of anilines is 2. The maximum Gasteiger partial charge on any atom is 0.411 e. The number of carbonyl (C=O) groups excluding carboxylic acids is 2. The molecule has 3 aromatic rings. The minimum atomic E-state index is -0.630. The summed E-state index contributed by atoms with van der Waals surface area (Å²) >= 11 is 7.38. The van der Waals surface area contributed by atoms with Crippen molar-refractivity contribution in [3.05, 3.63) is 58.2 Å². The first-order valence-electron chi connectivity index (χ1n) is 8.19. The first-order chi connectivity index (χ1) is 13.5. The molecular formula is C19H16ClFN2O4S. The van der Waals surface area contributed by atoms with Crippen molar-refractivity contribution in [2.75, 3.05) is 31.0 Å². The Labute approximate surface area is 169 Å². The molecule has 1 aromatic heterocycles. The molecule has 2 N–H and O–H groups in total. The van der Waals surface area contributed by atoms with E-state index in [4.69, 9.17) is 21.1 Å². The highest BCUT2D eigenvalue weighted by Crippen LogP contribution is 2.36. The van der Waals surface area contributed by atoms with Gasteiger partial charge < -0.3 is 14.8 Å². The molecule has 2 amide bonds. The molecule has 0 spiro atoms. The molecule has 0 aliphatic heterocycles. The molecule has 0 saturated heterocycles. The van der Waals surface area contributed by atoms with Crippen molar-refractivity contribution < 1.29 is 23.5 Å². The van der Waals surface area contributed by atoms with Crippen LogP contribution in [-0.4, -0.2) is 32.3 Å². The highest BCUT2D eigenvalue weighted by atomic mass is 35.5. The predicted octanol–water partition coefficient (Wildman–Crippen LogP) is 5.14. The van der Waals surface area contributed by atoms with Gasteiger partial charge in [0.05, 0.1) is 11.6 Å². The van der Waals surface area contributed by atoms with E-state index in [1.165, 1.54) is 19.2 Å². The van der Waals surface area contributed by atoms with Gasteiger partial charge >= 0.3 is 6.09 Å². The first kappa shape index (κ1) is 20.1. The molecule has 0 fully saturated rings. The molecule has 0 atom stereocenters. The maximum atomic E-state index is 13.4. The molecule has 0 radical (unpaired) electrons. The number of hydrogen-bond donors (Lipinski definition) is 2. The molecule has 0 unspecified atom stereocenters. The van der Waals surface area contributed by atoms with Gasteiger partial charge in [0.1, 0.15) is 17.3 Å². The molecule has 0 bridgehead atoms. The van der Waals surface area contributed by atoms with Gasteiger partial charge in [0, 0.05) is 28.6 Å². The lowest BCUT2D eigenvalue weighted by atomic mass is 10.2. The molecule has 2 aromatic carbocycles. The van der Waals surface area contributed by atoms with Crippen molar-refractivity contribution in [1.29, 1.82) is 0 Å². The largest absolute Gasteiger partial charge is 0.447 e. The third-order valence-electron chi connectivity index (χ3n) is 3.69. The van der Waals surface area contributed by atoms with Crippen LogP contribution in [0.25, 0.3) is 10.1 Å². The molecular weight excluding hydrogens is 407 g/mol. The molecule has 0 aliphatic carbocycles. The van der Waals surface area contributed by atoms with E-state index in [0.29, 0.717) is 28.1 Å². The Morgan fingerprint density at radius 1 is 1.11 bits per heavy atom. The Morgan fingerprint density at radius 3 is 2.61 bits per heavy atom. The maximum absolute atomic E-state index is 13.4. The van der Waals surface area contributed by atoms with Gasteiger partial charge in [0.15, 0.2) is 0 Å². The molecule has 0 aliphatic rings. The van der Waals surface area contributed by atoms with Crippen LogP contribution in [0.5, 0.6) is 0 Å². The molecule has 3 rings (SSSR count). The van der Waals surface area contributed by atoms with Gasteiger partial charge in [-0.25, -0.2) is 9.18 Å². The lowest BCUT2D eigenvalue weighted by molar-refractivity contribution is 0.103. The highest BCUT2D eigenvalue weighted by molar-refractivity contribution is 7.21. The zero-order valence-electron chi connectivity index (χ0n) is 14.8. The molecule has 9 heteroatoms. The lowest BCUT2D eigenvalue weighted by Crippen LogP contribution is -2.16. The second-order valence-electron chi connectivity index (χ2n) is 5.67. The summed E-state index contributed by atoms with van der Waals surface area (Å²) in [4.78, 5) is 24.6. The normalized spacial score (nSPS) is 10.7. The molecule has 28 heavy (non-hydrogen) atoms. The Bertz CT molecular complexity index is 1020. The number of amides is 2. The fourth-order valence-corrected chi connectivity index (χ4v) is 3.86. The average Bonchev–Trinajstić information content (AvgIpc) is 2.98. The van der Waals surface area contributed by atoms with Gasteiger partial charge in [0.2, 0.25) is 0 Å². The second-order valence-corrected chi connectivity index (χ2v) is 7.10. The number of rotatable bonds is 6. The van der Waals surface area contributed by atoms with Crippen LogP contribution in [0.3, 0.4) is 0 Å². The van der Waals surface area contributed by atoms with E-state index < -0.39 is 17.8 Å². The zero-order valence-corrected chi connectivity index (χ0v) is 16.3. The summed E-state index contributed by atoms with van der Waals surface area (Å²) < 4.78 is 23.7. The Kier molecular flexibility index (Phi) is 6.45. The smallest absolute Gasteiger partial charge is 0.411 e. The number of hydrogen-bond acceptors (Lipinski definition) is 5. The molecule has 146 valence electrons. The summed E-state index contributed by atoms with van der Waals surface area (Å²) in [5.74, 6) is -0.819. The SMILES string of the molecule is COCCOC(=O)Nc1cccc(NC(=O)c2sc3cc(F)ccc3c2Cl)c1. The van der Waals surface area contributed by atoms with Gasteiger partial charge in [0.25, 0.3) is 5.91 Å². The van der Waals surface area contributed by atoms with Gasteiger partial charge in [-0.3, -0.25) is 10.1 Å². The summed E-state index contributed by atoms with van der Waals surface area (Å²) in [6.45, 7) is 0.424. The van der Waals surface area contributed by atoms with Gasteiger partial charge in [-0.1, -0.05) is 17.7 Å². The van der Waals surface area contributed by atoms with Crippen LogP contribution in [0.15, 0.2) is 42.5 Å². The average molecular weight is 423 g/mol. The Hall–Kier alpha value is -2.68. The summed E-state index contributed by atoms with van der Waals surface area (Å²) in [5, 5.41) is 6.17. The van der Waals surface area contributed by atoms with Gasteiger partial charge in [-0.05, 0) is 36.4 Å². The second kappa shape index (κ2) is 9.01. The van der Waals surface area contributed by atoms with Crippen molar-refractivity contribution in [2.24, 2.45) is 0 Å². The van der Waals surface area contributed by atoms with Crippen molar-refractivity contribution in [3.8, 4) is 0 Å². The summed E-state index contributed by atoms with van der Waals surface area (Å²) in [6, 6.07) is 10.7. The van der Waals surface area contributed by atoms with Crippen molar-refractivity contribution in [2.45, 2.75) is 0 Å². The van der Waals surface area contributed by atoms with Crippen molar-refractivity contribution >= 4 is 56.4 Å². The van der Waals surface area contributed by atoms with E-state index in [1.807, 2.05) is 0 Å². The molecule has 0 saturated carbocycles. The Morgan fingerprint density at radius 2 is 1.86 bits per heavy atom. The number of methoxy groups -OCH3 is 1. The van der Waals surface area contributed by atoms with E-state index in [0.717, 1.165) is 11.3 Å². The number of nitrogens with one attached hydrogen (secondary N) is 2. The Balaban J connectivity index is 1.71. The van der Waals surface area contributed by atoms with E-state index in [9.17, 15) is 14.0 Å².